The van der Waals surface area contributed by atoms with Crippen molar-refractivity contribution in [1.82, 2.24) is 0 Å². The largest absolute Gasteiger partial charge is 0.494 e. The van der Waals surface area contributed by atoms with E-state index in [1.54, 1.807) is 18.2 Å². The van der Waals surface area contributed by atoms with Crippen LogP contribution in [0.3, 0.4) is 0 Å². The van der Waals surface area contributed by atoms with Crippen molar-refractivity contribution in [2.24, 2.45) is 0 Å². The van der Waals surface area contributed by atoms with Crippen molar-refractivity contribution in [2.45, 2.75) is 6.92 Å². The van der Waals surface area contributed by atoms with Gasteiger partial charge in [0.2, 0.25) is 0 Å². The van der Waals surface area contributed by atoms with Crippen molar-refractivity contribution in [3.8, 4) is 5.75 Å². The van der Waals surface area contributed by atoms with E-state index in [9.17, 15) is 9.18 Å². The van der Waals surface area contributed by atoms with E-state index in [4.69, 9.17) is 4.74 Å². The highest BCUT2D eigenvalue weighted by Crippen LogP contribution is 2.21. The molecule has 0 atom stereocenters. The Hall–Kier alpha value is -2.56. The smallest absolute Gasteiger partial charge is 0.255 e. The Morgan fingerprint density at radius 2 is 1.81 bits per heavy atom. The fourth-order valence-corrected chi connectivity index (χ4v) is 1.89. The lowest BCUT2D eigenvalue weighted by molar-refractivity contribution is 0.102. The third-order valence-electron chi connectivity index (χ3n) is 2.94. The number of nitrogens with one attached hydrogen (secondary N) is 2. The van der Waals surface area contributed by atoms with E-state index in [1.165, 1.54) is 19.2 Å². The quantitative estimate of drug-likeness (QED) is 0.885. The van der Waals surface area contributed by atoms with Crippen molar-refractivity contribution in [1.29, 1.82) is 0 Å². The fraction of sp³-hybridized carbons (Fsp3) is 0.188. The minimum atomic E-state index is -0.516. The summed E-state index contributed by atoms with van der Waals surface area (Å²) in [6, 6.07) is 11.4. The molecule has 0 radical (unpaired) electrons. The molecule has 2 N–H and O–H groups in total. The van der Waals surface area contributed by atoms with E-state index in [1.807, 2.05) is 19.1 Å². The van der Waals surface area contributed by atoms with Gasteiger partial charge < -0.3 is 15.4 Å². The monoisotopic (exact) mass is 288 g/mol. The summed E-state index contributed by atoms with van der Waals surface area (Å²) in [5.41, 5.74) is 1.84. The van der Waals surface area contributed by atoms with E-state index >= 15 is 0 Å². The molecule has 0 heterocycles. The third kappa shape index (κ3) is 3.72. The average molecular weight is 288 g/mol. The van der Waals surface area contributed by atoms with Gasteiger partial charge in [0, 0.05) is 29.5 Å². The van der Waals surface area contributed by atoms with Gasteiger partial charge in [-0.3, -0.25) is 4.79 Å². The Labute approximate surface area is 122 Å². The number of halogens is 1. The van der Waals surface area contributed by atoms with E-state index in [0.29, 0.717) is 11.3 Å². The second kappa shape index (κ2) is 6.74. The number of rotatable bonds is 5. The van der Waals surface area contributed by atoms with Crippen LogP contribution in [-0.2, 0) is 0 Å². The summed E-state index contributed by atoms with van der Waals surface area (Å²) < 4.78 is 18.4. The van der Waals surface area contributed by atoms with Gasteiger partial charge in [0.05, 0.1) is 7.11 Å². The highest BCUT2D eigenvalue weighted by Gasteiger charge is 2.08. The van der Waals surface area contributed by atoms with Crippen LogP contribution in [0.25, 0.3) is 0 Å². The molecular weight excluding hydrogens is 271 g/mol. The molecule has 4 nitrogen and oxygen atoms in total. The van der Waals surface area contributed by atoms with Crippen LogP contribution in [0.4, 0.5) is 15.8 Å². The molecule has 0 unspecified atom stereocenters. The molecule has 0 spiro atoms. The highest BCUT2D eigenvalue weighted by molar-refractivity contribution is 6.04. The van der Waals surface area contributed by atoms with Crippen LogP contribution >= 0.6 is 0 Å². The van der Waals surface area contributed by atoms with Gasteiger partial charge in [-0.25, -0.2) is 4.39 Å². The first-order chi connectivity index (χ1) is 10.1. The van der Waals surface area contributed by atoms with Gasteiger partial charge in [-0.2, -0.15) is 0 Å². The zero-order chi connectivity index (χ0) is 15.2. The van der Waals surface area contributed by atoms with E-state index in [-0.39, 0.29) is 11.7 Å². The summed E-state index contributed by atoms with van der Waals surface area (Å²) in [5, 5.41) is 5.80. The van der Waals surface area contributed by atoms with Gasteiger partial charge in [-0.05, 0) is 43.3 Å². The molecule has 21 heavy (non-hydrogen) atoms. The van der Waals surface area contributed by atoms with Crippen LogP contribution in [0.1, 0.15) is 17.3 Å². The summed E-state index contributed by atoms with van der Waals surface area (Å²) >= 11 is 0. The Bertz CT molecular complexity index is 627. The molecule has 1 amide bonds. The summed E-state index contributed by atoms with van der Waals surface area (Å²) in [6.07, 6.45) is 0. The van der Waals surface area contributed by atoms with Gasteiger partial charge in [0.1, 0.15) is 0 Å². The lowest BCUT2D eigenvalue weighted by Gasteiger charge is -2.08. The maximum Gasteiger partial charge on any atom is 0.255 e. The minimum absolute atomic E-state index is 0.142. The lowest BCUT2D eigenvalue weighted by atomic mass is 10.2. The second-order valence-corrected chi connectivity index (χ2v) is 4.41. The van der Waals surface area contributed by atoms with Gasteiger partial charge in [-0.15, -0.1) is 0 Å². The molecule has 5 heteroatoms. The number of anilines is 2. The molecule has 110 valence electrons. The number of methoxy groups -OCH3 is 1. The Kier molecular flexibility index (Phi) is 4.77. The summed E-state index contributed by atoms with van der Waals surface area (Å²) in [6.45, 7) is 2.81. The number of hydrogen-bond donors (Lipinski definition) is 2. The molecule has 0 aliphatic carbocycles. The van der Waals surface area contributed by atoms with Crippen molar-refractivity contribution < 1.29 is 13.9 Å². The number of benzene rings is 2. The van der Waals surface area contributed by atoms with Crippen LogP contribution in [0, 0.1) is 5.82 Å². The predicted molar refractivity (Wildman–Crippen MR) is 81.5 cm³/mol. The van der Waals surface area contributed by atoms with Crippen molar-refractivity contribution in [2.75, 3.05) is 24.3 Å². The third-order valence-corrected chi connectivity index (χ3v) is 2.94. The van der Waals surface area contributed by atoms with Crippen molar-refractivity contribution >= 4 is 17.3 Å². The molecule has 0 aliphatic heterocycles. The van der Waals surface area contributed by atoms with Crippen LogP contribution in [0.5, 0.6) is 5.75 Å². The average Bonchev–Trinajstić information content (AvgIpc) is 2.48. The molecule has 0 fully saturated rings. The zero-order valence-corrected chi connectivity index (χ0v) is 11.9. The molecule has 2 aromatic rings. The normalized spacial score (nSPS) is 10.0. The Morgan fingerprint density at radius 1 is 1.14 bits per heavy atom. The number of carbonyl (C=O) groups is 1. The Balaban J connectivity index is 2.08. The molecule has 0 bridgehead atoms. The van der Waals surface area contributed by atoms with Gasteiger partial charge in [-0.1, -0.05) is 0 Å². The van der Waals surface area contributed by atoms with E-state index in [0.717, 1.165) is 12.2 Å². The van der Waals surface area contributed by atoms with Crippen LogP contribution in [-0.4, -0.2) is 19.6 Å². The van der Waals surface area contributed by atoms with Crippen molar-refractivity contribution in [3.63, 3.8) is 0 Å². The Morgan fingerprint density at radius 3 is 2.38 bits per heavy atom. The zero-order valence-electron chi connectivity index (χ0n) is 11.9. The van der Waals surface area contributed by atoms with E-state index in [2.05, 4.69) is 10.6 Å². The van der Waals surface area contributed by atoms with Crippen LogP contribution < -0.4 is 15.4 Å². The van der Waals surface area contributed by atoms with Crippen LogP contribution in [0.2, 0.25) is 0 Å². The molecule has 0 aliphatic rings. The highest BCUT2D eigenvalue weighted by atomic mass is 19.1. The molecule has 0 saturated carbocycles. The first-order valence-corrected chi connectivity index (χ1v) is 6.63. The van der Waals surface area contributed by atoms with Crippen molar-refractivity contribution in [3.05, 3.63) is 53.8 Å². The molecule has 2 rings (SSSR count). The first-order valence-electron chi connectivity index (χ1n) is 6.63. The summed E-state index contributed by atoms with van der Waals surface area (Å²) in [4.78, 5) is 12.1. The standard InChI is InChI=1S/C16H17FN2O2/c1-3-18-12-6-4-11(5-7-12)16(20)19-13-8-9-15(21-2)14(17)10-13/h4-10,18H,3H2,1-2H3,(H,19,20). The van der Waals surface area contributed by atoms with Crippen LogP contribution in [0.15, 0.2) is 42.5 Å². The maximum atomic E-state index is 13.6. The predicted octanol–water partition coefficient (Wildman–Crippen LogP) is 3.52. The molecule has 2 aromatic carbocycles. The molecule has 0 aromatic heterocycles. The van der Waals surface area contributed by atoms with Gasteiger partial charge in [0.15, 0.2) is 11.6 Å². The number of hydrogen-bond acceptors (Lipinski definition) is 3. The fourth-order valence-electron chi connectivity index (χ4n) is 1.89. The summed E-state index contributed by atoms with van der Waals surface area (Å²) in [5.74, 6) is -0.664. The number of carbonyl (C=O) groups excluding carboxylic acids is 1. The number of amides is 1. The van der Waals surface area contributed by atoms with E-state index < -0.39 is 5.82 Å². The molecular formula is C16H17FN2O2. The maximum absolute atomic E-state index is 13.6. The first kappa shape index (κ1) is 14.8. The number of ether oxygens (including phenoxy) is 1. The molecule has 0 saturated heterocycles. The topological polar surface area (TPSA) is 50.4 Å². The van der Waals surface area contributed by atoms with Gasteiger partial charge in [0.25, 0.3) is 5.91 Å². The lowest BCUT2D eigenvalue weighted by Crippen LogP contribution is -2.12. The SMILES string of the molecule is CCNc1ccc(C(=O)Nc2ccc(OC)c(F)c2)cc1. The van der Waals surface area contributed by atoms with Gasteiger partial charge >= 0.3 is 0 Å². The minimum Gasteiger partial charge on any atom is -0.494 e. The second-order valence-electron chi connectivity index (χ2n) is 4.41. The summed E-state index contributed by atoms with van der Waals surface area (Å²) in [7, 11) is 1.39.